The van der Waals surface area contributed by atoms with Crippen molar-refractivity contribution in [1.82, 2.24) is 4.98 Å². The van der Waals surface area contributed by atoms with E-state index in [0.717, 1.165) is 10.6 Å². The number of carbonyl (C=O) groups is 1. The second-order valence-electron chi connectivity index (χ2n) is 6.61. The quantitative estimate of drug-likeness (QED) is 0.415. The maximum absolute atomic E-state index is 12.3. The molecule has 0 fully saturated rings. The number of thiazole rings is 1. The molecule has 0 unspecified atom stereocenters. The van der Waals surface area contributed by atoms with Crippen LogP contribution in [0.5, 0.6) is 17.2 Å². The molecule has 0 aliphatic carbocycles. The highest BCUT2D eigenvalue weighted by atomic mass is 32.1. The molecule has 0 amide bonds. The largest absolute Gasteiger partial charge is 0.496 e. The number of hydrogen-bond donors (Lipinski definition) is 0. The summed E-state index contributed by atoms with van der Waals surface area (Å²) < 4.78 is 21.6. The van der Waals surface area contributed by atoms with Gasteiger partial charge in [-0.2, -0.15) is 5.26 Å². The number of carbonyl (C=O) groups excluding carboxylic acids is 1. The molecule has 0 N–H and O–H groups in total. The Morgan fingerprint density at radius 3 is 2.47 bits per heavy atom. The van der Waals surface area contributed by atoms with Gasteiger partial charge in [-0.05, 0) is 44.2 Å². The SMILES string of the molecule is CCOc1ccc(-c2nc(-c3cc(CC#N)c(OC)c(C(=O)OC)c3)cs2)cc1OCC. The molecule has 1 aromatic heterocycles. The van der Waals surface area contributed by atoms with E-state index < -0.39 is 5.97 Å². The maximum atomic E-state index is 12.3. The summed E-state index contributed by atoms with van der Waals surface area (Å²) in [6.07, 6.45) is 0.0919. The molecule has 0 aliphatic heterocycles. The van der Waals surface area contributed by atoms with Crippen molar-refractivity contribution in [2.75, 3.05) is 27.4 Å². The van der Waals surface area contributed by atoms with Crippen molar-refractivity contribution >= 4 is 17.3 Å². The fourth-order valence-corrected chi connectivity index (χ4v) is 4.11. The van der Waals surface area contributed by atoms with Crippen LogP contribution in [-0.2, 0) is 11.2 Å². The summed E-state index contributed by atoms with van der Waals surface area (Å²) in [7, 11) is 2.77. The average molecular weight is 453 g/mol. The van der Waals surface area contributed by atoms with Gasteiger partial charge in [0.1, 0.15) is 16.3 Å². The van der Waals surface area contributed by atoms with Gasteiger partial charge < -0.3 is 18.9 Å². The predicted octanol–water partition coefficient (Wildman–Crippen LogP) is 5.14. The van der Waals surface area contributed by atoms with Gasteiger partial charge >= 0.3 is 5.97 Å². The molecule has 0 radical (unpaired) electrons. The Hall–Kier alpha value is -3.57. The number of nitrogens with zero attached hydrogens (tertiary/aromatic N) is 2. The molecule has 0 bridgehead atoms. The summed E-state index contributed by atoms with van der Waals surface area (Å²) in [6.45, 7) is 4.92. The number of esters is 1. The molecule has 0 saturated carbocycles. The molecule has 0 aliphatic rings. The van der Waals surface area contributed by atoms with E-state index in [1.807, 2.05) is 43.5 Å². The van der Waals surface area contributed by atoms with Crippen molar-refractivity contribution < 1.29 is 23.7 Å². The maximum Gasteiger partial charge on any atom is 0.341 e. The third-order valence-electron chi connectivity index (χ3n) is 4.64. The van der Waals surface area contributed by atoms with Crippen molar-refractivity contribution in [3.8, 4) is 45.1 Å². The lowest BCUT2D eigenvalue weighted by atomic mass is 10.0. The zero-order chi connectivity index (χ0) is 23.1. The molecule has 32 heavy (non-hydrogen) atoms. The van der Waals surface area contributed by atoms with Crippen LogP contribution < -0.4 is 14.2 Å². The van der Waals surface area contributed by atoms with Gasteiger partial charge in [-0.3, -0.25) is 0 Å². The zero-order valence-corrected chi connectivity index (χ0v) is 19.2. The zero-order valence-electron chi connectivity index (χ0n) is 18.4. The van der Waals surface area contributed by atoms with Crippen molar-refractivity contribution in [1.29, 1.82) is 5.26 Å². The van der Waals surface area contributed by atoms with Gasteiger partial charge in [-0.15, -0.1) is 11.3 Å². The van der Waals surface area contributed by atoms with Crippen LogP contribution in [0.1, 0.15) is 29.8 Å². The lowest BCUT2D eigenvalue weighted by Crippen LogP contribution is -2.07. The Morgan fingerprint density at radius 2 is 1.81 bits per heavy atom. The van der Waals surface area contributed by atoms with Crippen LogP contribution in [0.25, 0.3) is 21.8 Å². The number of ether oxygens (including phenoxy) is 4. The van der Waals surface area contributed by atoms with E-state index in [0.29, 0.717) is 47.3 Å². The van der Waals surface area contributed by atoms with E-state index in [4.69, 9.17) is 23.9 Å². The minimum absolute atomic E-state index is 0.0919. The molecule has 8 heteroatoms. The molecule has 0 saturated heterocycles. The summed E-state index contributed by atoms with van der Waals surface area (Å²) in [5.74, 6) is 1.16. The predicted molar refractivity (Wildman–Crippen MR) is 123 cm³/mol. The number of hydrogen-bond acceptors (Lipinski definition) is 8. The van der Waals surface area contributed by atoms with Crippen LogP contribution in [0.4, 0.5) is 0 Å². The van der Waals surface area contributed by atoms with E-state index in [2.05, 4.69) is 6.07 Å². The van der Waals surface area contributed by atoms with Gasteiger partial charge in [0, 0.05) is 22.1 Å². The first-order valence-corrected chi connectivity index (χ1v) is 11.0. The van der Waals surface area contributed by atoms with Gasteiger partial charge in [0.05, 0.1) is 45.6 Å². The Morgan fingerprint density at radius 1 is 1.06 bits per heavy atom. The monoisotopic (exact) mass is 452 g/mol. The van der Waals surface area contributed by atoms with Gasteiger partial charge in [0.15, 0.2) is 11.5 Å². The number of benzene rings is 2. The lowest BCUT2D eigenvalue weighted by molar-refractivity contribution is 0.0597. The van der Waals surface area contributed by atoms with Crippen LogP contribution >= 0.6 is 11.3 Å². The van der Waals surface area contributed by atoms with Crippen molar-refractivity contribution in [2.24, 2.45) is 0 Å². The second kappa shape index (κ2) is 10.6. The molecule has 2 aromatic carbocycles. The van der Waals surface area contributed by atoms with Crippen LogP contribution in [0.2, 0.25) is 0 Å². The topological polar surface area (TPSA) is 90.7 Å². The normalized spacial score (nSPS) is 10.3. The first-order chi connectivity index (χ1) is 15.6. The molecule has 0 spiro atoms. The Kier molecular flexibility index (Phi) is 7.68. The van der Waals surface area contributed by atoms with Gasteiger partial charge in [0.2, 0.25) is 0 Å². The first-order valence-electron chi connectivity index (χ1n) is 10.1. The highest BCUT2D eigenvalue weighted by molar-refractivity contribution is 7.13. The van der Waals surface area contributed by atoms with Crippen LogP contribution in [0.15, 0.2) is 35.7 Å². The number of nitriles is 1. The van der Waals surface area contributed by atoms with Crippen LogP contribution in [0.3, 0.4) is 0 Å². The summed E-state index contributed by atoms with van der Waals surface area (Å²) in [5, 5.41) is 11.9. The number of aromatic nitrogens is 1. The lowest BCUT2D eigenvalue weighted by Gasteiger charge is -2.13. The molecular weight excluding hydrogens is 428 g/mol. The van der Waals surface area contributed by atoms with Gasteiger partial charge in [0.25, 0.3) is 0 Å². The van der Waals surface area contributed by atoms with E-state index >= 15 is 0 Å². The van der Waals surface area contributed by atoms with Crippen LogP contribution in [0, 0.1) is 11.3 Å². The third-order valence-corrected chi connectivity index (χ3v) is 5.53. The Bertz CT molecular complexity index is 1150. The number of methoxy groups -OCH3 is 2. The van der Waals surface area contributed by atoms with Crippen molar-refractivity contribution in [2.45, 2.75) is 20.3 Å². The smallest absolute Gasteiger partial charge is 0.341 e. The summed E-state index contributed by atoms with van der Waals surface area (Å²) in [6, 6.07) is 11.3. The average Bonchev–Trinajstić information content (AvgIpc) is 3.30. The van der Waals surface area contributed by atoms with Crippen LogP contribution in [-0.4, -0.2) is 38.4 Å². The molecule has 166 valence electrons. The Labute approximate surface area is 191 Å². The first kappa shape index (κ1) is 23.1. The molecule has 3 rings (SSSR count). The molecular formula is C24H24N2O5S. The fourth-order valence-electron chi connectivity index (χ4n) is 3.28. The van der Waals surface area contributed by atoms with Gasteiger partial charge in [-0.1, -0.05) is 0 Å². The summed E-state index contributed by atoms with van der Waals surface area (Å²) in [5.41, 5.74) is 3.14. The Balaban J connectivity index is 2.04. The third kappa shape index (κ3) is 4.84. The highest BCUT2D eigenvalue weighted by Crippen LogP contribution is 2.37. The molecule has 1 heterocycles. The van der Waals surface area contributed by atoms with E-state index in [1.165, 1.54) is 25.6 Å². The standard InChI is InChI=1S/C24H24N2O5S/c1-5-30-20-8-7-16(13-21(20)31-6-2)23-26-19(14-32-23)17-11-15(9-10-25)22(28-3)18(12-17)24(27)29-4/h7-8,11-14H,5-6,9H2,1-4H3. The van der Waals surface area contributed by atoms with E-state index in [1.54, 1.807) is 6.07 Å². The minimum atomic E-state index is -0.536. The summed E-state index contributed by atoms with van der Waals surface area (Å²) in [4.78, 5) is 17.1. The minimum Gasteiger partial charge on any atom is -0.496 e. The van der Waals surface area contributed by atoms with E-state index in [9.17, 15) is 10.1 Å². The second-order valence-corrected chi connectivity index (χ2v) is 7.47. The van der Waals surface area contributed by atoms with Crippen molar-refractivity contribution in [3.63, 3.8) is 0 Å². The fraction of sp³-hybridized carbons (Fsp3) is 0.292. The summed E-state index contributed by atoms with van der Waals surface area (Å²) >= 11 is 1.47. The van der Waals surface area contributed by atoms with Gasteiger partial charge in [-0.25, -0.2) is 9.78 Å². The molecule has 7 nitrogen and oxygen atoms in total. The molecule has 0 atom stereocenters. The highest BCUT2D eigenvalue weighted by Gasteiger charge is 2.20. The van der Waals surface area contributed by atoms with Crippen molar-refractivity contribution in [3.05, 3.63) is 46.8 Å². The van der Waals surface area contributed by atoms with E-state index in [-0.39, 0.29) is 12.0 Å². The number of rotatable bonds is 9. The molecule has 3 aromatic rings.